The summed E-state index contributed by atoms with van der Waals surface area (Å²) in [6.45, 7) is 4.02. The average Bonchev–Trinajstić information content (AvgIpc) is 3.14. The normalized spacial score (nSPS) is 15.6. The SMILES string of the molecule is Cc1n[nH]c(C)c1S(=O)(=O)N1CCC(C(=O)Nc2ccccc2Cc2ccccc2)CC1. The largest absolute Gasteiger partial charge is 0.326 e. The lowest BCUT2D eigenvalue weighted by atomic mass is 9.96. The predicted molar refractivity (Wildman–Crippen MR) is 124 cm³/mol. The zero-order valence-electron chi connectivity index (χ0n) is 18.3. The first-order valence-corrected chi connectivity index (χ1v) is 12.2. The Morgan fingerprint density at radius 3 is 2.38 bits per heavy atom. The summed E-state index contributed by atoms with van der Waals surface area (Å²) in [4.78, 5) is 13.2. The monoisotopic (exact) mass is 452 g/mol. The van der Waals surface area contributed by atoms with Crippen LogP contribution in [0.25, 0.3) is 0 Å². The summed E-state index contributed by atoms with van der Waals surface area (Å²) in [6.07, 6.45) is 1.71. The van der Waals surface area contributed by atoms with E-state index in [2.05, 4.69) is 27.6 Å². The van der Waals surface area contributed by atoms with Crippen LogP contribution in [0.15, 0.2) is 59.5 Å². The fraction of sp³-hybridized carbons (Fsp3) is 0.333. The van der Waals surface area contributed by atoms with Crippen LogP contribution in [-0.4, -0.2) is 41.9 Å². The van der Waals surface area contributed by atoms with E-state index in [1.807, 2.05) is 42.5 Å². The van der Waals surface area contributed by atoms with Crippen LogP contribution >= 0.6 is 0 Å². The number of hydrogen-bond donors (Lipinski definition) is 2. The van der Waals surface area contributed by atoms with E-state index in [9.17, 15) is 13.2 Å². The number of amides is 1. The molecule has 1 saturated heterocycles. The van der Waals surface area contributed by atoms with Crippen molar-refractivity contribution in [3.8, 4) is 0 Å². The molecule has 168 valence electrons. The Hall–Kier alpha value is -2.97. The van der Waals surface area contributed by atoms with E-state index < -0.39 is 10.0 Å². The molecule has 1 aliphatic heterocycles. The molecule has 32 heavy (non-hydrogen) atoms. The van der Waals surface area contributed by atoms with Crippen LogP contribution < -0.4 is 5.32 Å². The Labute approximate surface area is 188 Å². The van der Waals surface area contributed by atoms with E-state index in [1.54, 1.807) is 13.8 Å². The topological polar surface area (TPSA) is 95.2 Å². The maximum Gasteiger partial charge on any atom is 0.246 e. The molecule has 3 aromatic rings. The third-order valence-electron chi connectivity index (χ3n) is 6.00. The quantitative estimate of drug-likeness (QED) is 0.597. The number of carbonyl (C=O) groups excluding carboxylic acids is 1. The molecule has 1 fully saturated rings. The first-order valence-electron chi connectivity index (χ1n) is 10.8. The number of H-pyrrole nitrogens is 1. The molecule has 0 saturated carbocycles. The van der Waals surface area contributed by atoms with Gasteiger partial charge in [0.05, 0.1) is 11.4 Å². The number of aromatic nitrogens is 2. The summed E-state index contributed by atoms with van der Waals surface area (Å²) >= 11 is 0. The van der Waals surface area contributed by atoms with Crippen molar-refractivity contribution in [3.05, 3.63) is 77.1 Å². The van der Waals surface area contributed by atoms with Crippen molar-refractivity contribution in [1.82, 2.24) is 14.5 Å². The van der Waals surface area contributed by atoms with E-state index in [4.69, 9.17) is 0 Å². The summed E-state index contributed by atoms with van der Waals surface area (Å²) in [6, 6.07) is 17.9. The van der Waals surface area contributed by atoms with Gasteiger partial charge in [-0.1, -0.05) is 48.5 Å². The summed E-state index contributed by atoms with van der Waals surface area (Å²) in [5.74, 6) is -0.281. The van der Waals surface area contributed by atoms with E-state index in [1.165, 1.54) is 9.87 Å². The molecule has 0 atom stereocenters. The molecule has 0 spiro atoms. The molecular formula is C24H28N4O3S. The van der Waals surface area contributed by atoms with Gasteiger partial charge in [0.2, 0.25) is 15.9 Å². The predicted octanol–water partition coefficient (Wildman–Crippen LogP) is 3.66. The van der Waals surface area contributed by atoms with Crippen LogP contribution in [0.5, 0.6) is 0 Å². The van der Waals surface area contributed by atoms with Gasteiger partial charge in [-0.2, -0.15) is 9.40 Å². The molecule has 0 aliphatic carbocycles. The number of nitrogens with zero attached hydrogens (tertiary/aromatic N) is 2. The number of hydrogen-bond acceptors (Lipinski definition) is 4. The zero-order valence-corrected chi connectivity index (χ0v) is 19.2. The molecule has 2 aromatic carbocycles. The fourth-order valence-electron chi connectivity index (χ4n) is 4.26. The third kappa shape index (κ3) is 4.61. The lowest BCUT2D eigenvalue weighted by Gasteiger charge is -2.30. The van der Waals surface area contributed by atoms with Gasteiger partial charge in [-0.05, 0) is 50.3 Å². The van der Waals surface area contributed by atoms with Crippen LogP contribution in [0.1, 0.15) is 35.4 Å². The van der Waals surface area contributed by atoms with E-state index in [0.29, 0.717) is 37.3 Å². The fourth-order valence-corrected chi connectivity index (χ4v) is 6.06. The average molecular weight is 453 g/mol. The third-order valence-corrected chi connectivity index (χ3v) is 8.16. The van der Waals surface area contributed by atoms with E-state index in [-0.39, 0.29) is 16.7 Å². The highest BCUT2D eigenvalue weighted by Crippen LogP contribution is 2.28. The van der Waals surface area contributed by atoms with Crippen LogP contribution in [-0.2, 0) is 21.2 Å². The van der Waals surface area contributed by atoms with Gasteiger partial charge in [-0.3, -0.25) is 9.89 Å². The molecule has 0 bridgehead atoms. The van der Waals surface area contributed by atoms with Crippen molar-refractivity contribution in [2.45, 2.75) is 38.0 Å². The van der Waals surface area contributed by atoms with Gasteiger partial charge in [0.1, 0.15) is 4.90 Å². The highest BCUT2D eigenvalue weighted by molar-refractivity contribution is 7.89. The highest BCUT2D eigenvalue weighted by Gasteiger charge is 2.34. The molecule has 2 N–H and O–H groups in total. The number of benzene rings is 2. The van der Waals surface area contributed by atoms with Gasteiger partial charge in [0.25, 0.3) is 0 Å². The number of anilines is 1. The number of aryl methyl sites for hydroxylation is 2. The summed E-state index contributed by atoms with van der Waals surface area (Å²) in [5.41, 5.74) is 4.05. The Bertz CT molecular complexity index is 1180. The van der Waals surface area contributed by atoms with E-state index >= 15 is 0 Å². The van der Waals surface area contributed by atoms with Crippen LogP contribution in [0.2, 0.25) is 0 Å². The number of nitrogens with one attached hydrogen (secondary N) is 2. The summed E-state index contributed by atoms with van der Waals surface area (Å²) < 4.78 is 27.5. The maximum atomic E-state index is 13.0. The Kier molecular flexibility index (Phi) is 6.43. The van der Waals surface area contributed by atoms with Crippen molar-refractivity contribution in [1.29, 1.82) is 0 Å². The highest BCUT2D eigenvalue weighted by atomic mass is 32.2. The minimum absolute atomic E-state index is 0.0572. The van der Waals surface area contributed by atoms with Crippen molar-refractivity contribution < 1.29 is 13.2 Å². The standard InChI is InChI=1S/C24H28N4O3S/c1-17-23(18(2)27-26-17)32(30,31)28-14-12-20(13-15-28)24(29)25-22-11-7-6-10-21(22)16-19-8-4-3-5-9-19/h3-11,20H,12-16H2,1-2H3,(H,25,29)(H,26,27). The molecule has 0 radical (unpaired) electrons. The molecular weight excluding hydrogens is 424 g/mol. The Morgan fingerprint density at radius 2 is 1.72 bits per heavy atom. The van der Waals surface area contributed by atoms with Crippen molar-refractivity contribution in [3.63, 3.8) is 0 Å². The lowest BCUT2D eigenvalue weighted by Crippen LogP contribution is -2.41. The first-order chi connectivity index (χ1) is 15.4. The van der Waals surface area contributed by atoms with Crippen LogP contribution in [0, 0.1) is 19.8 Å². The van der Waals surface area contributed by atoms with Gasteiger partial charge < -0.3 is 5.32 Å². The minimum Gasteiger partial charge on any atom is -0.326 e. The lowest BCUT2D eigenvalue weighted by molar-refractivity contribution is -0.120. The number of piperidine rings is 1. The van der Waals surface area contributed by atoms with Gasteiger partial charge in [0.15, 0.2) is 0 Å². The molecule has 0 unspecified atom stereocenters. The molecule has 8 heteroatoms. The molecule has 1 amide bonds. The summed E-state index contributed by atoms with van der Waals surface area (Å²) in [5, 5.41) is 9.83. The Morgan fingerprint density at radius 1 is 1.06 bits per heavy atom. The van der Waals surface area contributed by atoms with E-state index in [0.717, 1.165) is 17.7 Å². The number of rotatable bonds is 6. The molecule has 7 nitrogen and oxygen atoms in total. The van der Waals surface area contributed by atoms with Crippen molar-refractivity contribution >= 4 is 21.6 Å². The van der Waals surface area contributed by atoms with Crippen LogP contribution in [0.3, 0.4) is 0 Å². The number of sulfonamides is 1. The second kappa shape index (κ2) is 9.26. The number of aromatic amines is 1. The smallest absolute Gasteiger partial charge is 0.246 e. The molecule has 4 rings (SSSR count). The van der Waals surface area contributed by atoms with Gasteiger partial charge in [-0.25, -0.2) is 8.42 Å². The summed E-state index contributed by atoms with van der Waals surface area (Å²) in [7, 11) is -3.62. The number of para-hydroxylation sites is 1. The first kappa shape index (κ1) is 22.2. The molecule has 2 heterocycles. The second-order valence-electron chi connectivity index (χ2n) is 8.25. The molecule has 1 aliphatic rings. The maximum absolute atomic E-state index is 13.0. The minimum atomic E-state index is -3.62. The Balaban J connectivity index is 1.41. The number of carbonyl (C=O) groups is 1. The van der Waals surface area contributed by atoms with Gasteiger partial charge in [0, 0.05) is 24.7 Å². The van der Waals surface area contributed by atoms with Gasteiger partial charge >= 0.3 is 0 Å². The van der Waals surface area contributed by atoms with Gasteiger partial charge in [-0.15, -0.1) is 0 Å². The zero-order chi connectivity index (χ0) is 22.7. The van der Waals surface area contributed by atoms with Crippen LogP contribution in [0.4, 0.5) is 5.69 Å². The van der Waals surface area contributed by atoms with Crippen molar-refractivity contribution in [2.24, 2.45) is 5.92 Å². The molecule has 1 aromatic heterocycles. The second-order valence-corrected chi connectivity index (χ2v) is 10.1. The van der Waals surface area contributed by atoms with Crippen molar-refractivity contribution in [2.75, 3.05) is 18.4 Å².